The second kappa shape index (κ2) is 4.50. The normalized spacial score (nSPS) is 21.8. The highest BCUT2D eigenvalue weighted by Crippen LogP contribution is 2.19. The zero-order valence-electron chi connectivity index (χ0n) is 9.60. The maximum atomic E-state index is 5.69. The third kappa shape index (κ3) is 2.26. The van der Waals surface area contributed by atoms with Crippen LogP contribution in [0.5, 0.6) is 0 Å². The van der Waals surface area contributed by atoms with Gasteiger partial charge in [0.1, 0.15) is 6.61 Å². The van der Waals surface area contributed by atoms with Gasteiger partial charge in [-0.3, -0.25) is 0 Å². The number of allylic oxidation sites excluding steroid dienone is 5. The first kappa shape index (κ1) is 10.2. The molecule has 1 aromatic rings. The van der Waals surface area contributed by atoms with Crippen molar-refractivity contribution in [3.63, 3.8) is 0 Å². The molecule has 1 aliphatic carbocycles. The number of rotatable bonds is 2. The molecule has 1 unspecified atom stereocenters. The third-order valence-corrected chi connectivity index (χ3v) is 3.01. The van der Waals surface area contributed by atoms with Crippen LogP contribution in [0.25, 0.3) is 0 Å². The Morgan fingerprint density at radius 3 is 2.65 bits per heavy atom. The van der Waals surface area contributed by atoms with Crippen LogP contribution < -0.4 is 5.32 Å². The van der Waals surface area contributed by atoms with E-state index in [0.717, 1.165) is 24.5 Å². The lowest BCUT2D eigenvalue weighted by Gasteiger charge is -2.08. The van der Waals surface area contributed by atoms with Crippen LogP contribution in [-0.4, -0.2) is 12.6 Å². The van der Waals surface area contributed by atoms with Crippen molar-refractivity contribution in [2.45, 2.75) is 12.5 Å². The van der Waals surface area contributed by atoms with Crippen molar-refractivity contribution in [1.29, 1.82) is 0 Å². The van der Waals surface area contributed by atoms with Crippen molar-refractivity contribution >= 4 is 0 Å². The molecule has 2 heteroatoms. The van der Waals surface area contributed by atoms with Gasteiger partial charge in [-0.1, -0.05) is 42.5 Å². The second-order valence-electron chi connectivity index (χ2n) is 4.34. The Kier molecular flexibility index (Phi) is 2.70. The van der Waals surface area contributed by atoms with E-state index in [1.54, 1.807) is 0 Å². The smallest absolute Gasteiger partial charge is 0.194 e. The molecule has 1 saturated heterocycles. The van der Waals surface area contributed by atoms with Crippen LogP contribution in [0.15, 0.2) is 66.1 Å². The first-order valence-electron chi connectivity index (χ1n) is 5.94. The van der Waals surface area contributed by atoms with Crippen molar-refractivity contribution in [3.8, 4) is 0 Å². The summed E-state index contributed by atoms with van der Waals surface area (Å²) in [6.07, 6.45) is 9.18. The largest absolute Gasteiger partial charge is 0.477 e. The topological polar surface area (TPSA) is 21.3 Å². The molecule has 1 atom stereocenters. The van der Waals surface area contributed by atoms with Crippen molar-refractivity contribution in [3.05, 3.63) is 71.7 Å². The van der Waals surface area contributed by atoms with Crippen LogP contribution in [0, 0.1) is 0 Å². The van der Waals surface area contributed by atoms with E-state index in [2.05, 4.69) is 41.7 Å². The zero-order chi connectivity index (χ0) is 11.5. The summed E-state index contributed by atoms with van der Waals surface area (Å²) in [4.78, 5) is 0. The van der Waals surface area contributed by atoms with Gasteiger partial charge < -0.3 is 10.1 Å². The molecule has 86 valence electrons. The molecule has 1 aromatic carbocycles. The van der Waals surface area contributed by atoms with E-state index in [4.69, 9.17) is 4.74 Å². The highest BCUT2D eigenvalue weighted by Gasteiger charge is 2.21. The summed E-state index contributed by atoms with van der Waals surface area (Å²) in [6, 6.07) is 10.9. The molecule has 3 rings (SSSR count). The number of hydrogen-bond acceptors (Lipinski definition) is 2. The minimum atomic E-state index is 0.377. The molecular weight excluding hydrogens is 210 g/mol. The van der Waals surface area contributed by atoms with Gasteiger partial charge in [-0.2, -0.15) is 0 Å². The minimum Gasteiger partial charge on any atom is -0.477 e. The Labute approximate surface area is 101 Å². The van der Waals surface area contributed by atoms with Gasteiger partial charge in [0.15, 0.2) is 5.88 Å². The van der Waals surface area contributed by atoms with E-state index < -0.39 is 0 Å². The molecule has 2 nitrogen and oxygen atoms in total. The molecule has 0 bridgehead atoms. The fraction of sp³-hybridized carbons (Fsp3) is 0.200. The average Bonchev–Trinajstić information content (AvgIpc) is 3.00. The molecule has 1 N–H and O–H groups in total. The van der Waals surface area contributed by atoms with E-state index in [1.807, 2.05) is 18.2 Å². The summed E-state index contributed by atoms with van der Waals surface area (Å²) in [5.74, 6) is 0.913. The summed E-state index contributed by atoms with van der Waals surface area (Å²) in [7, 11) is 0. The summed E-state index contributed by atoms with van der Waals surface area (Å²) < 4.78 is 5.69. The monoisotopic (exact) mass is 225 g/mol. The maximum Gasteiger partial charge on any atom is 0.194 e. The fourth-order valence-electron chi connectivity index (χ4n) is 2.15. The van der Waals surface area contributed by atoms with Crippen LogP contribution in [0.4, 0.5) is 0 Å². The van der Waals surface area contributed by atoms with E-state index in [1.165, 1.54) is 5.56 Å². The highest BCUT2D eigenvalue weighted by molar-refractivity contribution is 5.42. The second-order valence-corrected chi connectivity index (χ2v) is 4.34. The van der Waals surface area contributed by atoms with Gasteiger partial charge in [0.05, 0.1) is 6.04 Å². The maximum absolute atomic E-state index is 5.69. The Morgan fingerprint density at radius 1 is 1.12 bits per heavy atom. The van der Waals surface area contributed by atoms with Gasteiger partial charge in [0.25, 0.3) is 0 Å². The molecule has 1 heterocycles. The predicted molar refractivity (Wildman–Crippen MR) is 68.3 cm³/mol. The Balaban J connectivity index is 1.67. The van der Waals surface area contributed by atoms with E-state index in [0.29, 0.717) is 6.04 Å². The van der Waals surface area contributed by atoms with Crippen molar-refractivity contribution < 1.29 is 4.74 Å². The van der Waals surface area contributed by atoms with Crippen LogP contribution in [-0.2, 0) is 11.2 Å². The van der Waals surface area contributed by atoms with Gasteiger partial charge in [0, 0.05) is 5.57 Å². The van der Waals surface area contributed by atoms with E-state index in [-0.39, 0.29) is 0 Å². The average molecular weight is 225 g/mol. The highest BCUT2D eigenvalue weighted by atomic mass is 16.5. The van der Waals surface area contributed by atoms with Crippen LogP contribution in [0.2, 0.25) is 0 Å². The first-order chi connectivity index (χ1) is 8.42. The van der Waals surface area contributed by atoms with E-state index >= 15 is 0 Å². The molecule has 17 heavy (non-hydrogen) atoms. The van der Waals surface area contributed by atoms with Gasteiger partial charge >= 0.3 is 0 Å². The first-order valence-corrected chi connectivity index (χ1v) is 5.94. The predicted octanol–water partition coefficient (Wildman–Crippen LogP) is 2.56. The quantitative estimate of drug-likeness (QED) is 0.835. The molecule has 0 amide bonds. The Morgan fingerprint density at radius 2 is 1.88 bits per heavy atom. The van der Waals surface area contributed by atoms with E-state index in [9.17, 15) is 0 Å². The lowest BCUT2D eigenvalue weighted by atomic mass is 10.1. The van der Waals surface area contributed by atoms with Crippen LogP contribution >= 0.6 is 0 Å². The number of benzene rings is 1. The van der Waals surface area contributed by atoms with Crippen LogP contribution in [0.3, 0.4) is 0 Å². The molecule has 2 aliphatic rings. The molecular formula is C15H15NO. The SMILES string of the molecule is C1=CC(=C2NC(Cc3ccccc3)CO2)C=C1. The van der Waals surface area contributed by atoms with Crippen molar-refractivity contribution in [2.75, 3.05) is 6.61 Å². The molecule has 0 spiro atoms. The summed E-state index contributed by atoms with van der Waals surface area (Å²) in [5, 5.41) is 3.44. The van der Waals surface area contributed by atoms with Crippen molar-refractivity contribution in [2.24, 2.45) is 0 Å². The third-order valence-electron chi connectivity index (χ3n) is 3.01. The zero-order valence-corrected chi connectivity index (χ0v) is 9.60. The Bertz CT molecular complexity index is 471. The Hall–Kier alpha value is -1.96. The van der Waals surface area contributed by atoms with Gasteiger partial charge in [-0.05, 0) is 24.1 Å². The minimum absolute atomic E-state index is 0.377. The standard InChI is InChI=1S/C15H15NO/c1-2-6-12(7-3-1)10-14-11-17-15(16-14)13-8-4-5-9-13/h1-9,14,16H,10-11H2. The lowest BCUT2D eigenvalue weighted by Crippen LogP contribution is -2.25. The molecule has 0 saturated carbocycles. The molecule has 0 aromatic heterocycles. The van der Waals surface area contributed by atoms with Crippen molar-refractivity contribution in [1.82, 2.24) is 5.32 Å². The number of ether oxygens (including phenoxy) is 1. The summed E-state index contributed by atoms with van der Waals surface area (Å²) in [6.45, 7) is 0.745. The van der Waals surface area contributed by atoms with Gasteiger partial charge in [0.2, 0.25) is 0 Å². The molecule has 1 aliphatic heterocycles. The number of nitrogens with one attached hydrogen (secondary N) is 1. The van der Waals surface area contributed by atoms with Crippen LogP contribution in [0.1, 0.15) is 5.56 Å². The number of hydrogen-bond donors (Lipinski definition) is 1. The summed E-state index contributed by atoms with van der Waals surface area (Å²) >= 11 is 0. The fourth-order valence-corrected chi connectivity index (χ4v) is 2.15. The molecule has 0 radical (unpaired) electrons. The van der Waals surface area contributed by atoms with Gasteiger partial charge in [-0.15, -0.1) is 0 Å². The van der Waals surface area contributed by atoms with Gasteiger partial charge in [-0.25, -0.2) is 0 Å². The summed E-state index contributed by atoms with van der Waals surface area (Å²) in [5.41, 5.74) is 2.48. The lowest BCUT2D eigenvalue weighted by molar-refractivity contribution is 0.252. The molecule has 1 fully saturated rings.